The van der Waals surface area contributed by atoms with Crippen LogP contribution in [0.15, 0.2) is 165 Å². The van der Waals surface area contributed by atoms with E-state index in [1.807, 2.05) is 97.1 Å². The predicted molar refractivity (Wildman–Crippen MR) is 203 cm³/mol. The van der Waals surface area contributed by atoms with E-state index in [0.717, 1.165) is 93.6 Å². The highest BCUT2D eigenvalue weighted by Gasteiger charge is 2.19. The number of aromatic nitrogens is 3. The van der Waals surface area contributed by atoms with Gasteiger partial charge < -0.3 is 13.3 Å². The van der Waals surface area contributed by atoms with Crippen molar-refractivity contribution in [3.63, 3.8) is 0 Å². The van der Waals surface area contributed by atoms with Gasteiger partial charge in [-0.2, -0.15) is 0 Å². The average molecular weight is 656 g/mol. The van der Waals surface area contributed by atoms with Crippen LogP contribution in [0.5, 0.6) is 0 Å². The second-order valence-corrected chi connectivity index (χ2v) is 12.8. The highest BCUT2D eigenvalue weighted by molar-refractivity contribution is 6.17. The van der Waals surface area contributed by atoms with Crippen LogP contribution in [0.2, 0.25) is 0 Å². The van der Waals surface area contributed by atoms with E-state index in [1.54, 1.807) is 0 Å². The average Bonchev–Trinajstić information content (AvgIpc) is 3.88. The maximum atomic E-state index is 6.60. The second-order valence-electron chi connectivity index (χ2n) is 12.8. The van der Waals surface area contributed by atoms with Crippen LogP contribution in [0.3, 0.4) is 0 Å². The molecule has 0 unspecified atom stereocenters. The molecule has 51 heavy (non-hydrogen) atoms. The summed E-state index contributed by atoms with van der Waals surface area (Å²) in [6.45, 7) is 0. The molecule has 0 bridgehead atoms. The monoisotopic (exact) mass is 655 g/mol. The number of rotatable bonds is 4. The molecule has 0 radical (unpaired) electrons. The molecule has 6 heteroatoms. The molecule has 0 N–H and O–H groups in total. The summed E-state index contributed by atoms with van der Waals surface area (Å²) in [6, 6.07) is 51.1. The third-order valence-electron chi connectivity index (χ3n) is 9.74. The molecule has 0 amide bonds. The predicted octanol–water partition coefficient (Wildman–Crippen LogP) is 12.2. The first-order valence-corrected chi connectivity index (χ1v) is 16.8. The van der Waals surface area contributed by atoms with Gasteiger partial charge in [-0.25, -0.2) is 15.0 Å². The van der Waals surface area contributed by atoms with Gasteiger partial charge >= 0.3 is 0 Å². The molecule has 4 heterocycles. The minimum atomic E-state index is 0.546. The Hall–Kier alpha value is -7.05. The largest absolute Gasteiger partial charge is 0.456 e. The van der Waals surface area contributed by atoms with E-state index in [2.05, 4.69) is 54.6 Å². The topological polar surface area (TPSA) is 78.1 Å². The molecule has 0 atom stereocenters. The number of hydrogen-bond donors (Lipinski definition) is 0. The molecule has 4 aromatic heterocycles. The van der Waals surface area contributed by atoms with Gasteiger partial charge in [-0.15, -0.1) is 0 Å². The fraction of sp³-hybridized carbons (Fsp3) is 0. The zero-order chi connectivity index (χ0) is 33.5. The minimum Gasteiger partial charge on any atom is -0.456 e. The van der Waals surface area contributed by atoms with Gasteiger partial charge in [0.1, 0.15) is 33.5 Å². The molecule has 0 aliphatic heterocycles. The lowest BCUT2D eigenvalue weighted by Gasteiger charge is -2.10. The Kier molecular flexibility index (Phi) is 5.86. The van der Waals surface area contributed by atoms with Crippen LogP contribution >= 0.6 is 0 Å². The molecule has 6 nitrogen and oxygen atoms in total. The van der Waals surface area contributed by atoms with Crippen LogP contribution in [-0.2, 0) is 0 Å². The van der Waals surface area contributed by atoms with E-state index in [0.29, 0.717) is 17.5 Å². The normalized spacial score (nSPS) is 11.9. The summed E-state index contributed by atoms with van der Waals surface area (Å²) in [4.78, 5) is 15.1. The van der Waals surface area contributed by atoms with Crippen molar-refractivity contribution in [3.05, 3.63) is 152 Å². The SMILES string of the molecule is c1ccc(-c2nc(-c3cccc(-c4cccc5c4oc4cc6oc7ccccc7c6cc45)c3)nc(-c3cccc4c3oc3ccccc34)n2)cc1. The Bertz CT molecular complexity index is 3150. The molecule has 7 aromatic carbocycles. The fourth-order valence-electron chi connectivity index (χ4n) is 7.33. The van der Waals surface area contributed by atoms with Crippen molar-refractivity contribution >= 4 is 65.8 Å². The van der Waals surface area contributed by atoms with Gasteiger partial charge in [0.25, 0.3) is 0 Å². The third kappa shape index (κ3) is 4.33. The molecule has 0 saturated heterocycles. The number of furan rings is 3. The van der Waals surface area contributed by atoms with E-state index < -0.39 is 0 Å². The van der Waals surface area contributed by atoms with Gasteiger partial charge in [0, 0.05) is 55.1 Å². The quantitative estimate of drug-likeness (QED) is 0.188. The number of fused-ring (bicyclic) bond motifs is 9. The molecule has 11 rings (SSSR count). The van der Waals surface area contributed by atoms with Gasteiger partial charge in [-0.1, -0.05) is 115 Å². The van der Waals surface area contributed by atoms with Gasteiger partial charge in [0.15, 0.2) is 17.5 Å². The number of benzene rings is 7. The highest BCUT2D eigenvalue weighted by Crippen LogP contribution is 2.41. The van der Waals surface area contributed by atoms with Crippen LogP contribution in [0.1, 0.15) is 0 Å². The van der Waals surface area contributed by atoms with Crippen molar-refractivity contribution in [1.82, 2.24) is 15.0 Å². The Morgan fingerprint density at radius 3 is 1.63 bits per heavy atom. The van der Waals surface area contributed by atoms with E-state index in [1.165, 1.54) is 0 Å². The molecule has 0 aliphatic rings. The molecule has 0 fully saturated rings. The smallest absolute Gasteiger partial charge is 0.167 e. The summed E-state index contributed by atoms with van der Waals surface area (Å²) >= 11 is 0. The number of hydrogen-bond acceptors (Lipinski definition) is 6. The lowest BCUT2D eigenvalue weighted by atomic mass is 10.00. The lowest BCUT2D eigenvalue weighted by Crippen LogP contribution is -2.00. The van der Waals surface area contributed by atoms with E-state index in [4.69, 9.17) is 28.2 Å². The van der Waals surface area contributed by atoms with Crippen LogP contribution in [0.4, 0.5) is 0 Å². The second kappa shape index (κ2) is 10.7. The van der Waals surface area contributed by atoms with Crippen molar-refractivity contribution in [1.29, 1.82) is 0 Å². The summed E-state index contributed by atoms with van der Waals surface area (Å²) in [5.41, 5.74) is 9.42. The molecule has 0 aliphatic carbocycles. The van der Waals surface area contributed by atoms with Crippen molar-refractivity contribution < 1.29 is 13.3 Å². The first kappa shape index (κ1) is 27.9. The molecule has 238 valence electrons. The van der Waals surface area contributed by atoms with Crippen LogP contribution in [0.25, 0.3) is 111 Å². The Morgan fingerprint density at radius 2 is 0.804 bits per heavy atom. The first-order valence-electron chi connectivity index (χ1n) is 16.8. The van der Waals surface area contributed by atoms with Crippen LogP contribution < -0.4 is 0 Å². The molecule has 0 saturated carbocycles. The fourth-order valence-corrected chi connectivity index (χ4v) is 7.33. The Balaban J connectivity index is 1.08. The Labute approximate surface area is 290 Å². The third-order valence-corrected chi connectivity index (χ3v) is 9.74. The summed E-state index contributed by atoms with van der Waals surface area (Å²) in [5, 5.41) is 6.35. The van der Waals surface area contributed by atoms with Crippen molar-refractivity contribution in [2.45, 2.75) is 0 Å². The van der Waals surface area contributed by atoms with Crippen LogP contribution in [-0.4, -0.2) is 15.0 Å². The van der Waals surface area contributed by atoms with Gasteiger partial charge in [-0.05, 0) is 35.9 Å². The zero-order valence-electron chi connectivity index (χ0n) is 27.0. The number of nitrogens with zero attached hydrogens (tertiary/aromatic N) is 3. The zero-order valence-corrected chi connectivity index (χ0v) is 27.0. The summed E-state index contributed by atoms with van der Waals surface area (Å²) in [5.74, 6) is 1.70. The van der Waals surface area contributed by atoms with Gasteiger partial charge in [0.05, 0.1) is 5.56 Å². The van der Waals surface area contributed by atoms with Gasteiger partial charge in [-0.3, -0.25) is 0 Å². The lowest BCUT2D eigenvalue weighted by molar-refractivity contribution is 0.656. The van der Waals surface area contributed by atoms with Crippen LogP contribution in [0, 0.1) is 0 Å². The maximum absolute atomic E-state index is 6.60. The Morgan fingerprint density at radius 1 is 0.294 bits per heavy atom. The maximum Gasteiger partial charge on any atom is 0.167 e. The van der Waals surface area contributed by atoms with Gasteiger partial charge in [0.2, 0.25) is 0 Å². The van der Waals surface area contributed by atoms with Crippen molar-refractivity contribution in [2.75, 3.05) is 0 Å². The minimum absolute atomic E-state index is 0.546. The van der Waals surface area contributed by atoms with E-state index in [-0.39, 0.29) is 0 Å². The summed E-state index contributed by atoms with van der Waals surface area (Å²) < 4.78 is 19.2. The molecular formula is C45H25N3O3. The molecular weight excluding hydrogens is 631 g/mol. The molecule has 11 aromatic rings. The standard InChI is InChI=1S/C45H25N3O3/c1-2-11-26(12-3-1)43-46-44(48-45(47-43)34-20-10-18-32-30-15-4-7-22-38(30)50-42(32)34)28-14-8-13-27(23-28)29-17-9-19-33-36-24-35-31-16-5-6-21-37(31)49-39(35)25-40(36)51-41(29)33/h1-25H. The summed E-state index contributed by atoms with van der Waals surface area (Å²) in [6.07, 6.45) is 0. The first-order chi connectivity index (χ1) is 25.2. The van der Waals surface area contributed by atoms with Crippen molar-refractivity contribution in [3.8, 4) is 45.3 Å². The van der Waals surface area contributed by atoms with Crippen molar-refractivity contribution in [2.24, 2.45) is 0 Å². The van der Waals surface area contributed by atoms with E-state index >= 15 is 0 Å². The molecule has 0 spiro atoms. The highest BCUT2D eigenvalue weighted by atomic mass is 16.3. The summed E-state index contributed by atoms with van der Waals surface area (Å²) in [7, 11) is 0. The van der Waals surface area contributed by atoms with E-state index in [9.17, 15) is 0 Å². The number of para-hydroxylation sites is 4.